The van der Waals surface area contributed by atoms with Gasteiger partial charge in [-0.1, -0.05) is 60.1 Å². The molecule has 3 aromatic rings. The molecule has 0 aliphatic rings. The largest absolute Gasteiger partial charge is 0.396 e. The summed E-state index contributed by atoms with van der Waals surface area (Å²) >= 11 is 5.87. The fourth-order valence-electron chi connectivity index (χ4n) is 3.19. The fraction of sp³-hybridized carbons (Fsp3) is 0.217. The average Bonchev–Trinajstić information content (AvgIpc) is 2.75. The van der Waals surface area contributed by atoms with E-state index in [1.54, 1.807) is 66.7 Å². The minimum absolute atomic E-state index is 0.176. The second-order valence-electron chi connectivity index (χ2n) is 6.77. The number of aliphatic hydroxyl groups is 1. The molecular weight excluding hydrogens is 394 g/mol. The Bertz CT molecular complexity index is 971. The number of benzene rings is 2. The predicted octanol–water partition coefficient (Wildman–Crippen LogP) is 5.80. The number of nitriles is 1. The maximum absolute atomic E-state index is 15.0. The van der Waals surface area contributed by atoms with Crippen molar-refractivity contribution in [2.45, 2.75) is 18.3 Å². The summed E-state index contributed by atoms with van der Waals surface area (Å²) in [6.07, 6.45) is 1.19. The number of alkyl halides is 2. The Morgan fingerprint density at radius 1 is 1.00 bits per heavy atom. The maximum Gasteiger partial charge on any atom is 0.305 e. The second kappa shape index (κ2) is 9.13. The van der Waals surface area contributed by atoms with E-state index >= 15 is 8.78 Å². The van der Waals surface area contributed by atoms with Crippen LogP contribution in [0.4, 0.5) is 8.78 Å². The van der Waals surface area contributed by atoms with Crippen LogP contribution in [0.15, 0.2) is 72.9 Å². The molecule has 1 aromatic heterocycles. The van der Waals surface area contributed by atoms with Gasteiger partial charge in [-0.2, -0.15) is 14.0 Å². The van der Waals surface area contributed by atoms with E-state index in [9.17, 15) is 10.4 Å². The molecule has 1 N–H and O–H groups in total. The molecule has 0 radical (unpaired) electrons. The number of nitrogens with zero attached hydrogens (tertiary/aromatic N) is 2. The summed E-state index contributed by atoms with van der Waals surface area (Å²) in [5.41, 5.74) is 1.73. The summed E-state index contributed by atoms with van der Waals surface area (Å²) in [5.74, 6) is -5.62. The molecule has 0 aliphatic heterocycles. The molecule has 148 valence electrons. The van der Waals surface area contributed by atoms with E-state index in [0.717, 1.165) is 11.1 Å². The van der Waals surface area contributed by atoms with Gasteiger partial charge in [-0.05, 0) is 35.7 Å². The zero-order chi connectivity index (χ0) is 20.9. The van der Waals surface area contributed by atoms with Crippen molar-refractivity contribution in [2.24, 2.45) is 5.92 Å². The Kier molecular flexibility index (Phi) is 6.58. The highest BCUT2D eigenvalue weighted by atomic mass is 35.5. The van der Waals surface area contributed by atoms with Crippen molar-refractivity contribution in [3.05, 3.63) is 89.2 Å². The molecule has 2 atom stereocenters. The summed E-state index contributed by atoms with van der Waals surface area (Å²) in [7, 11) is 0. The Hall–Kier alpha value is -2.81. The Labute approximate surface area is 173 Å². The van der Waals surface area contributed by atoms with E-state index < -0.39 is 23.5 Å². The molecule has 2 unspecified atom stereocenters. The van der Waals surface area contributed by atoms with Gasteiger partial charge in [-0.3, -0.25) is 4.98 Å². The van der Waals surface area contributed by atoms with E-state index in [-0.39, 0.29) is 13.0 Å². The Morgan fingerprint density at radius 3 is 2.21 bits per heavy atom. The van der Waals surface area contributed by atoms with Crippen molar-refractivity contribution < 1.29 is 13.9 Å². The van der Waals surface area contributed by atoms with Gasteiger partial charge in [0.2, 0.25) is 0 Å². The van der Waals surface area contributed by atoms with Crippen molar-refractivity contribution >= 4 is 11.6 Å². The quantitative estimate of drug-likeness (QED) is 0.533. The molecule has 0 fully saturated rings. The zero-order valence-electron chi connectivity index (χ0n) is 15.5. The molecule has 0 bridgehead atoms. The smallest absolute Gasteiger partial charge is 0.305 e. The third-order valence-electron chi connectivity index (χ3n) is 4.89. The van der Waals surface area contributed by atoms with Gasteiger partial charge < -0.3 is 5.11 Å². The SMILES string of the molecule is N#CC(CC(CO)c1ccccc1)C(F)(F)c1ccc(-c2ccc(Cl)cc2)cn1. The van der Waals surface area contributed by atoms with Crippen LogP contribution in [0.1, 0.15) is 23.6 Å². The van der Waals surface area contributed by atoms with Gasteiger partial charge in [0, 0.05) is 29.3 Å². The molecular formula is C23H19ClF2N2O. The van der Waals surface area contributed by atoms with Crippen molar-refractivity contribution in [2.75, 3.05) is 6.61 Å². The second-order valence-corrected chi connectivity index (χ2v) is 7.21. The summed E-state index contributed by atoms with van der Waals surface area (Å²) in [6.45, 7) is -0.318. The number of hydrogen-bond donors (Lipinski definition) is 1. The van der Waals surface area contributed by atoms with Gasteiger partial charge in [-0.15, -0.1) is 0 Å². The van der Waals surface area contributed by atoms with Crippen LogP contribution in [0.25, 0.3) is 11.1 Å². The molecule has 3 nitrogen and oxygen atoms in total. The molecule has 2 aromatic carbocycles. The van der Waals surface area contributed by atoms with Crippen LogP contribution in [0, 0.1) is 17.2 Å². The Balaban J connectivity index is 1.82. The highest BCUT2D eigenvalue weighted by Gasteiger charge is 2.44. The number of aliphatic hydroxyl groups excluding tert-OH is 1. The molecule has 0 saturated heterocycles. The number of hydrogen-bond acceptors (Lipinski definition) is 3. The first-order valence-electron chi connectivity index (χ1n) is 9.11. The first-order valence-corrected chi connectivity index (χ1v) is 9.49. The summed E-state index contributed by atoms with van der Waals surface area (Å²) < 4.78 is 30.1. The lowest BCUT2D eigenvalue weighted by atomic mass is 9.85. The van der Waals surface area contributed by atoms with Crippen LogP contribution in [0.2, 0.25) is 5.02 Å². The monoisotopic (exact) mass is 412 g/mol. The van der Waals surface area contributed by atoms with Crippen molar-refractivity contribution in [1.29, 1.82) is 5.26 Å². The van der Waals surface area contributed by atoms with Crippen LogP contribution in [0.3, 0.4) is 0 Å². The van der Waals surface area contributed by atoms with Crippen LogP contribution < -0.4 is 0 Å². The third-order valence-corrected chi connectivity index (χ3v) is 5.14. The minimum atomic E-state index is -3.45. The number of aromatic nitrogens is 1. The molecule has 29 heavy (non-hydrogen) atoms. The average molecular weight is 413 g/mol. The standard InChI is InChI=1S/C23H19ClF2N2O/c24-21-9-6-17(7-10-21)18-8-11-22(28-14-18)23(25,26)20(13-27)12-19(15-29)16-4-2-1-3-5-16/h1-11,14,19-20,29H,12,15H2. The molecule has 0 aliphatic carbocycles. The van der Waals surface area contributed by atoms with Gasteiger partial charge in [-0.25, -0.2) is 0 Å². The van der Waals surface area contributed by atoms with E-state index in [1.165, 1.54) is 12.3 Å². The molecule has 6 heteroatoms. The highest BCUT2D eigenvalue weighted by Crippen LogP contribution is 2.40. The first-order chi connectivity index (χ1) is 14.0. The molecule has 3 rings (SSSR count). The Morgan fingerprint density at radius 2 is 1.66 bits per heavy atom. The van der Waals surface area contributed by atoms with Gasteiger partial charge in [0.05, 0.1) is 6.07 Å². The zero-order valence-corrected chi connectivity index (χ0v) is 16.2. The number of pyridine rings is 1. The van der Waals surface area contributed by atoms with Crippen molar-refractivity contribution in [3.63, 3.8) is 0 Å². The lowest BCUT2D eigenvalue weighted by molar-refractivity contribution is -0.0541. The van der Waals surface area contributed by atoms with E-state index in [1.807, 2.05) is 0 Å². The van der Waals surface area contributed by atoms with Crippen LogP contribution in [0.5, 0.6) is 0 Å². The number of rotatable bonds is 7. The van der Waals surface area contributed by atoms with Crippen LogP contribution in [-0.2, 0) is 5.92 Å². The molecule has 0 amide bonds. The van der Waals surface area contributed by atoms with Crippen LogP contribution >= 0.6 is 11.6 Å². The van der Waals surface area contributed by atoms with Gasteiger partial charge in [0.25, 0.3) is 0 Å². The summed E-state index contributed by atoms with van der Waals surface area (Å²) in [6, 6.07) is 20.3. The molecule has 0 spiro atoms. The number of halogens is 3. The van der Waals surface area contributed by atoms with Crippen molar-refractivity contribution in [3.8, 4) is 17.2 Å². The van der Waals surface area contributed by atoms with Gasteiger partial charge in [0.15, 0.2) is 0 Å². The molecule has 0 saturated carbocycles. The summed E-state index contributed by atoms with van der Waals surface area (Å²) in [4.78, 5) is 3.93. The lowest BCUT2D eigenvalue weighted by Crippen LogP contribution is -2.28. The van der Waals surface area contributed by atoms with Crippen molar-refractivity contribution in [1.82, 2.24) is 4.98 Å². The van der Waals surface area contributed by atoms with E-state index in [2.05, 4.69) is 4.98 Å². The summed E-state index contributed by atoms with van der Waals surface area (Å²) in [5, 5.41) is 19.7. The van der Waals surface area contributed by atoms with Crippen LogP contribution in [-0.4, -0.2) is 16.7 Å². The minimum Gasteiger partial charge on any atom is -0.396 e. The van der Waals surface area contributed by atoms with E-state index in [0.29, 0.717) is 10.6 Å². The normalized spacial score (nSPS) is 13.5. The molecule has 1 heterocycles. The van der Waals surface area contributed by atoms with Gasteiger partial charge >= 0.3 is 5.92 Å². The van der Waals surface area contributed by atoms with E-state index in [4.69, 9.17) is 11.6 Å². The maximum atomic E-state index is 15.0. The lowest BCUT2D eigenvalue weighted by Gasteiger charge is -2.25. The predicted molar refractivity (Wildman–Crippen MR) is 109 cm³/mol. The fourth-order valence-corrected chi connectivity index (χ4v) is 3.32. The van der Waals surface area contributed by atoms with Gasteiger partial charge in [0.1, 0.15) is 11.6 Å². The third kappa shape index (κ3) is 4.79. The topological polar surface area (TPSA) is 56.9 Å². The first kappa shape index (κ1) is 20.9. The highest BCUT2D eigenvalue weighted by molar-refractivity contribution is 6.30.